The molecular formula is C19H17ClF2N2O5S. The molecule has 2 aromatic rings. The lowest BCUT2D eigenvalue weighted by Crippen LogP contribution is -2.27. The fourth-order valence-electron chi connectivity index (χ4n) is 2.87. The van der Waals surface area contributed by atoms with E-state index >= 15 is 0 Å². The topological polar surface area (TPSA) is 92.8 Å². The number of anilines is 1. The van der Waals surface area contributed by atoms with Crippen LogP contribution in [0.3, 0.4) is 0 Å². The maximum Gasteiger partial charge on any atom is 0.340 e. The van der Waals surface area contributed by atoms with Crippen molar-refractivity contribution < 1.29 is 31.5 Å². The van der Waals surface area contributed by atoms with Crippen LogP contribution in [0.5, 0.6) is 0 Å². The molecule has 1 heterocycles. The summed E-state index contributed by atoms with van der Waals surface area (Å²) in [7, 11) is -3.57. The molecule has 11 heteroatoms. The van der Waals surface area contributed by atoms with E-state index < -0.39 is 45.7 Å². The highest BCUT2D eigenvalue weighted by Crippen LogP contribution is 2.23. The van der Waals surface area contributed by atoms with E-state index in [0.717, 1.165) is 12.8 Å². The van der Waals surface area contributed by atoms with E-state index in [1.165, 1.54) is 28.6 Å². The van der Waals surface area contributed by atoms with Crippen LogP contribution < -0.4 is 5.32 Å². The van der Waals surface area contributed by atoms with E-state index in [1.54, 1.807) is 0 Å². The Balaban J connectivity index is 1.57. The van der Waals surface area contributed by atoms with E-state index in [0.29, 0.717) is 30.9 Å². The molecule has 0 spiro atoms. The molecule has 0 bridgehead atoms. The van der Waals surface area contributed by atoms with Crippen molar-refractivity contribution in [2.24, 2.45) is 0 Å². The molecule has 1 aliphatic rings. The fraction of sp³-hybridized carbons (Fsp3) is 0.263. The molecule has 1 N–H and O–H groups in total. The highest BCUT2D eigenvalue weighted by atomic mass is 35.5. The van der Waals surface area contributed by atoms with E-state index in [1.807, 2.05) is 0 Å². The van der Waals surface area contributed by atoms with Gasteiger partial charge in [0.05, 0.1) is 15.5 Å². The van der Waals surface area contributed by atoms with Crippen molar-refractivity contribution in [1.29, 1.82) is 0 Å². The minimum absolute atomic E-state index is 0.113. The highest BCUT2D eigenvalue weighted by molar-refractivity contribution is 7.89. The first kappa shape index (κ1) is 22.1. The number of nitrogens with zero attached hydrogens (tertiary/aromatic N) is 1. The minimum atomic E-state index is -3.57. The number of rotatable bonds is 6. The molecule has 1 saturated heterocycles. The van der Waals surface area contributed by atoms with Gasteiger partial charge >= 0.3 is 5.97 Å². The molecule has 0 aromatic heterocycles. The molecule has 0 radical (unpaired) electrons. The smallest absolute Gasteiger partial charge is 0.340 e. The summed E-state index contributed by atoms with van der Waals surface area (Å²) in [5.74, 6) is -4.30. The van der Waals surface area contributed by atoms with Gasteiger partial charge in [-0.1, -0.05) is 11.6 Å². The zero-order valence-corrected chi connectivity index (χ0v) is 17.1. The zero-order chi connectivity index (χ0) is 21.9. The molecule has 160 valence electrons. The van der Waals surface area contributed by atoms with Crippen molar-refractivity contribution in [2.75, 3.05) is 25.0 Å². The Hall–Kier alpha value is -2.56. The van der Waals surface area contributed by atoms with Gasteiger partial charge in [-0.3, -0.25) is 4.79 Å². The molecule has 1 fully saturated rings. The molecule has 3 rings (SSSR count). The molecule has 30 heavy (non-hydrogen) atoms. The van der Waals surface area contributed by atoms with Crippen LogP contribution in [-0.2, 0) is 19.6 Å². The predicted octanol–water partition coefficient (Wildman–Crippen LogP) is 3.20. The number of carbonyl (C=O) groups excluding carboxylic acids is 2. The van der Waals surface area contributed by atoms with Gasteiger partial charge in [-0.05, 0) is 49.2 Å². The van der Waals surface area contributed by atoms with Crippen molar-refractivity contribution in [3.05, 3.63) is 58.6 Å². The van der Waals surface area contributed by atoms with Gasteiger partial charge in [-0.25, -0.2) is 22.0 Å². The molecule has 2 aromatic carbocycles. The summed E-state index contributed by atoms with van der Waals surface area (Å²) < 4.78 is 57.4. The zero-order valence-electron chi connectivity index (χ0n) is 15.5. The minimum Gasteiger partial charge on any atom is -0.452 e. The van der Waals surface area contributed by atoms with Gasteiger partial charge in [-0.2, -0.15) is 4.31 Å². The molecule has 0 saturated carbocycles. The van der Waals surface area contributed by atoms with Gasteiger partial charge in [0, 0.05) is 18.8 Å². The number of hydrogen-bond donors (Lipinski definition) is 1. The maximum atomic E-state index is 13.3. The summed E-state index contributed by atoms with van der Waals surface area (Å²) in [4.78, 5) is 24.0. The molecular weight excluding hydrogens is 442 g/mol. The molecule has 7 nitrogen and oxygen atoms in total. The average molecular weight is 459 g/mol. The largest absolute Gasteiger partial charge is 0.452 e. The number of benzene rings is 2. The van der Waals surface area contributed by atoms with E-state index in [4.69, 9.17) is 16.3 Å². The van der Waals surface area contributed by atoms with Crippen LogP contribution in [0.4, 0.5) is 14.5 Å². The van der Waals surface area contributed by atoms with Gasteiger partial charge in [0.2, 0.25) is 10.0 Å². The number of halogens is 3. The Morgan fingerprint density at radius 1 is 1.07 bits per heavy atom. The average Bonchev–Trinajstić information content (AvgIpc) is 3.25. The Bertz CT molecular complexity index is 1070. The second-order valence-corrected chi connectivity index (χ2v) is 8.85. The summed E-state index contributed by atoms with van der Waals surface area (Å²) in [6, 6.07) is 6.78. The molecule has 0 aliphatic carbocycles. The number of nitrogens with one attached hydrogen (secondary N) is 1. The first-order chi connectivity index (χ1) is 14.2. The number of carbonyl (C=O) groups is 2. The van der Waals surface area contributed by atoms with E-state index in [2.05, 4.69) is 5.32 Å². The summed E-state index contributed by atoms with van der Waals surface area (Å²) in [5, 5.41) is 2.09. The van der Waals surface area contributed by atoms with Crippen LogP contribution in [0, 0.1) is 11.6 Å². The van der Waals surface area contributed by atoms with Crippen molar-refractivity contribution in [1.82, 2.24) is 4.31 Å². The summed E-state index contributed by atoms with van der Waals surface area (Å²) in [6.07, 6.45) is 1.64. The number of hydrogen-bond acceptors (Lipinski definition) is 5. The highest BCUT2D eigenvalue weighted by Gasteiger charge is 2.27. The van der Waals surface area contributed by atoms with Gasteiger partial charge in [0.15, 0.2) is 18.2 Å². The Labute approximate surface area is 176 Å². The molecule has 1 aliphatic heterocycles. The number of ether oxygens (including phenoxy) is 1. The van der Waals surface area contributed by atoms with Crippen LogP contribution >= 0.6 is 11.6 Å². The lowest BCUT2D eigenvalue weighted by Gasteiger charge is -2.15. The van der Waals surface area contributed by atoms with E-state index in [-0.39, 0.29) is 9.92 Å². The van der Waals surface area contributed by atoms with Gasteiger partial charge in [0.1, 0.15) is 0 Å². The van der Waals surface area contributed by atoms with Crippen molar-refractivity contribution in [3.63, 3.8) is 0 Å². The second-order valence-electron chi connectivity index (χ2n) is 6.51. The van der Waals surface area contributed by atoms with E-state index in [9.17, 15) is 26.8 Å². The lowest BCUT2D eigenvalue weighted by molar-refractivity contribution is -0.119. The molecule has 0 atom stereocenters. The normalized spacial score (nSPS) is 14.5. The van der Waals surface area contributed by atoms with Crippen LogP contribution in [0.25, 0.3) is 0 Å². The monoisotopic (exact) mass is 458 g/mol. The molecule has 1 amide bonds. The lowest BCUT2D eigenvalue weighted by atomic mass is 10.2. The Morgan fingerprint density at radius 2 is 1.67 bits per heavy atom. The molecule has 0 unspecified atom stereocenters. The second kappa shape index (κ2) is 9.07. The first-order valence-electron chi connectivity index (χ1n) is 8.90. The van der Waals surface area contributed by atoms with Crippen molar-refractivity contribution in [3.8, 4) is 0 Å². The summed E-state index contributed by atoms with van der Waals surface area (Å²) in [5.41, 5.74) is -0.123. The predicted molar refractivity (Wildman–Crippen MR) is 105 cm³/mol. The number of esters is 1. The summed E-state index contributed by atoms with van der Waals surface area (Å²) in [6.45, 7) is 0.254. The van der Waals surface area contributed by atoms with Gasteiger partial charge in [-0.15, -0.1) is 0 Å². The van der Waals surface area contributed by atoms with Gasteiger partial charge < -0.3 is 10.1 Å². The third kappa shape index (κ3) is 4.94. The fourth-order valence-corrected chi connectivity index (χ4v) is 4.62. The Morgan fingerprint density at radius 3 is 2.30 bits per heavy atom. The quantitative estimate of drug-likeness (QED) is 0.530. The van der Waals surface area contributed by atoms with Gasteiger partial charge in [0.25, 0.3) is 5.91 Å². The Kier molecular flexibility index (Phi) is 6.69. The van der Waals surface area contributed by atoms with Crippen LogP contribution in [0.15, 0.2) is 41.3 Å². The third-order valence-electron chi connectivity index (χ3n) is 4.41. The number of sulfonamides is 1. The summed E-state index contributed by atoms with van der Waals surface area (Å²) >= 11 is 5.68. The maximum absolute atomic E-state index is 13.3. The SMILES string of the molecule is O=C(COC(=O)c1cc(F)c(F)cc1Cl)Nc1ccc(S(=O)(=O)N2CCCC2)cc1. The van der Waals surface area contributed by atoms with Crippen molar-refractivity contribution >= 4 is 39.2 Å². The number of amides is 1. The van der Waals surface area contributed by atoms with Crippen molar-refractivity contribution in [2.45, 2.75) is 17.7 Å². The first-order valence-corrected chi connectivity index (χ1v) is 10.7. The third-order valence-corrected chi connectivity index (χ3v) is 6.63. The van der Waals surface area contributed by atoms with Crippen LogP contribution in [0.2, 0.25) is 5.02 Å². The standard InChI is InChI=1S/C19H17ClF2N2O5S/c20-15-10-17(22)16(21)9-14(15)19(26)29-11-18(25)23-12-3-5-13(6-4-12)30(27,28)24-7-1-2-8-24/h3-6,9-10H,1-2,7-8,11H2,(H,23,25). The van der Waals surface area contributed by atoms with Crippen LogP contribution in [0.1, 0.15) is 23.2 Å². The van der Waals surface area contributed by atoms with Crippen LogP contribution in [-0.4, -0.2) is 44.3 Å².